The number of para-hydroxylation sites is 1. The Morgan fingerprint density at radius 3 is 2.56 bits per heavy atom. The third-order valence-electron chi connectivity index (χ3n) is 3.13. The molecule has 1 aromatic rings. The molecule has 0 aromatic heterocycles. The Hall–Kier alpha value is -1.71. The summed E-state index contributed by atoms with van der Waals surface area (Å²) in [6, 6.07) is 5.42. The molecule has 0 aliphatic heterocycles. The number of hydrogen-bond acceptors (Lipinski definition) is 4. The third-order valence-corrected chi connectivity index (χ3v) is 3.13. The molecule has 0 bridgehead atoms. The number of carbonyl (C=O) groups excluding carboxylic acids is 1. The van der Waals surface area contributed by atoms with Gasteiger partial charge in [-0.3, -0.25) is 4.79 Å². The highest BCUT2D eigenvalue weighted by atomic mass is 16.5. The number of Topliss-reactive ketones (excluding diaryl/α,β-unsaturated/α-hetero) is 1. The van der Waals surface area contributed by atoms with Crippen molar-refractivity contribution in [2.75, 3.05) is 14.2 Å². The zero-order valence-corrected chi connectivity index (χ0v) is 10.8. The second-order valence-corrected chi connectivity index (χ2v) is 4.31. The summed E-state index contributed by atoms with van der Waals surface area (Å²) in [7, 11) is 3.14. The molecule has 2 rings (SSSR count). The Morgan fingerprint density at radius 1 is 1.11 bits per heavy atom. The molecule has 1 unspecified atom stereocenters. The van der Waals surface area contributed by atoms with Crippen molar-refractivity contribution >= 4 is 5.78 Å². The van der Waals surface area contributed by atoms with E-state index in [1.165, 1.54) is 0 Å². The Morgan fingerprint density at radius 2 is 1.89 bits per heavy atom. The van der Waals surface area contributed by atoms with Crippen molar-refractivity contribution in [1.82, 2.24) is 0 Å². The van der Waals surface area contributed by atoms with E-state index in [1.807, 2.05) is 6.07 Å². The van der Waals surface area contributed by atoms with E-state index in [0.717, 1.165) is 19.3 Å². The van der Waals surface area contributed by atoms with Crippen LogP contribution in [0, 0.1) is 0 Å². The quantitative estimate of drug-likeness (QED) is 0.824. The van der Waals surface area contributed by atoms with Gasteiger partial charge in [0, 0.05) is 6.42 Å². The van der Waals surface area contributed by atoms with Crippen molar-refractivity contribution in [3.8, 4) is 17.2 Å². The van der Waals surface area contributed by atoms with Gasteiger partial charge in [0.25, 0.3) is 0 Å². The van der Waals surface area contributed by atoms with Crippen molar-refractivity contribution in [2.45, 2.75) is 31.8 Å². The van der Waals surface area contributed by atoms with Crippen molar-refractivity contribution < 1.29 is 19.0 Å². The Balaban J connectivity index is 2.20. The molecule has 4 heteroatoms. The second-order valence-electron chi connectivity index (χ2n) is 4.31. The third kappa shape index (κ3) is 2.58. The number of rotatable bonds is 4. The highest BCUT2D eigenvalue weighted by molar-refractivity contribution is 5.84. The molecule has 1 aliphatic rings. The molecular formula is C14H18O4. The van der Waals surface area contributed by atoms with Crippen LogP contribution in [-0.4, -0.2) is 26.1 Å². The molecule has 0 heterocycles. The minimum atomic E-state index is -0.347. The molecule has 0 N–H and O–H groups in total. The van der Waals surface area contributed by atoms with Crippen LogP contribution < -0.4 is 14.2 Å². The van der Waals surface area contributed by atoms with Crippen LogP contribution >= 0.6 is 0 Å². The van der Waals surface area contributed by atoms with Gasteiger partial charge in [-0.25, -0.2) is 0 Å². The standard InChI is InChI=1S/C14H18O4/c1-16-12-8-5-9-13(14(12)17-2)18-11-7-4-3-6-10(11)15/h5,8-9,11H,3-4,6-7H2,1-2H3. The van der Waals surface area contributed by atoms with E-state index in [4.69, 9.17) is 14.2 Å². The van der Waals surface area contributed by atoms with Gasteiger partial charge in [-0.2, -0.15) is 0 Å². The maximum Gasteiger partial charge on any atom is 0.203 e. The zero-order chi connectivity index (χ0) is 13.0. The highest BCUT2D eigenvalue weighted by Gasteiger charge is 2.25. The van der Waals surface area contributed by atoms with Crippen molar-refractivity contribution in [1.29, 1.82) is 0 Å². The number of ketones is 1. The van der Waals surface area contributed by atoms with Crippen LogP contribution in [0.2, 0.25) is 0 Å². The predicted octanol–water partition coefficient (Wildman–Crippen LogP) is 2.59. The van der Waals surface area contributed by atoms with Crippen LogP contribution in [0.3, 0.4) is 0 Å². The monoisotopic (exact) mass is 250 g/mol. The van der Waals surface area contributed by atoms with E-state index in [9.17, 15) is 4.79 Å². The van der Waals surface area contributed by atoms with Crippen molar-refractivity contribution in [2.24, 2.45) is 0 Å². The topological polar surface area (TPSA) is 44.8 Å². The van der Waals surface area contributed by atoms with Gasteiger partial charge in [-0.05, 0) is 31.4 Å². The number of hydrogen-bond donors (Lipinski definition) is 0. The van der Waals surface area contributed by atoms with Crippen LogP contribution in [0.1, 0.15) is 25.7 Å². The fourth-order valence-corrected chi connectivity index (χ4v) is 2.18. The van der Waals surface area contributed by atoms with Crippen LogP contribution in [-0.2, 0) is 4.79 Å². The Kier molecular flexibility index (Phi) is 4.07. The average molecular weight is 250 g/mol. The smallest absolute Gasteiger partial charge is 0.203 e. The first-order valence-corrected chi connectivity index (χ1v) is 6.16. The van der Waals surface area contributed by atoms with Gasteiger partial charge in [0.05, 0.1) is 14.2 Å². The van der Waals surface area contributed by atoms with Gasteiger partial charge in [0.2, 0.25) is 5.75 Å². The van der Waals surface area contributed by atoms with Gasteiger partial charge in [-0.1, -0.05) is 6.07 Å². The van der Waals surface area contributed by atoms with E-state index in [1.54, 1.807) is 26.4 Å². The summed E-state index contributed by atoms with van der Waals surface area (Å²) in [5.74, 6) is 1.89. The first kappa shape index (κ1) is 12.7. The first-order valence-electron chi connectivity index (χ1n) is 6.16. The Labute approximate surface area is 107 Å². The highest BCUT2D eigenvalue weighted by Crippen LogP contribution is 2.37. The van der Waals surface area contributed by atoms with Gasteiger partial charge in [0.1, 0.15) is 0 Å². The lowest BCUT2D eigenvalue weighted by Gasteiger charge is -2.23. The summed E-state index contributed by atoms with van der Waals surface area (Å²) < 4.78 is 16.3. The van der Waals surface area contributed by atoms with Crippen molar-refractivity contribution in [3.05, 3.63) is 18.2 Å². The van der Waals surface area contributed by atoms with Gasteiger partial charge >= 0.3 is 0 Å². The maximum atomic E-state index is 11.8. The molecule has 0 amide bonds. The van der Waals surface area contributed by atoms with Crippen molar-refractivity contribution in [3.63, 3.8) is 0 Å². The predicted molar refractivity (Wildman–Crippen MR) is 67.4 cm³/mol. The van der Waals surface area contributed by atoms with E-state index in [2.05, 4.69) is 0 Å². The molecule has 4 nitrogen and oxygen atoms in total. The summed E-state index contributed by atoms with van der Waals surface area (Å²) in [6.07, 6.45) is 3.03. The number of methoxy groups -OCH3 is 2. The van der Waals surface area contributed by atoms with Gasteiger partial charge in [0.15, 0.2) is 23.4 Å². The number of ether oxygens (including phenoxy) is 3. The maximum absolute atomic E-state index is 11.8. The molecule has 1 aromatic carbocycles. The molecular weight excluding hydrogens is 232 g/mol. The molecule has 1 aliphatic carbocycles. The van der Waals surface area contributed by atoms with Gasteiger partial charge < -0.3 is 14.2 Å². The minimum absolute atomic E-state index is 0.172. The molecule has 18 heavy (non-hydrogen) atoms. The molecule has 98 valence electrons. The molecule has 1 fully saturated rings. The molecule has 1 saturated carbocycles. The van der Waals surface area contributed by atoms with Gasteiger partial charge in [-0.15, -0.1) is 0 Å². The summed E-state index contributed by atoms with van der Waals surface area (Å²) >= 11 is 0. The lowest BCUT2D eigenvalue weighted by atomic mass is 9.96. The SMILES string of the molecule is COc1cccc(OC2CCCCC2=O)c1OC. The molecule has 0 radical (unpaired) electrons. The summed E-state index contributed by atoms with van der Waals surface area (Å²) in [5.41, 5.74) is 0. The minimum Gasteiger partial charge on any atom is -0.493 e. The van der Waals surface area contributed by atoms with Crippen LogP contribution in [0.5, 0.6) is 17.2 Å². The van der Waals surface area contributed by atoms with E-state index in [0.29, 0.717) is 23.7 Å². The fourth-order valence-electron chi connectivity index (χ4n) is 2.18. The van der Waals surface area contributed by atoms with E-state index < -0.39 is 0 Å². The average Bonchev–Trinajstić information content (AvgIpc) is 2.41. The summed E-state index contributed by atoms with van der Waals surface area (Å²) in [5, 5.41) is 0. The lowest BCUT2D eigenvalue weighted by molar-refractivity contribution is -0.127. The Bertz CT molecular complexity index is 428. The van der Waals surface area contributed by atoms with Crippen LogP contribution in [0.15, 0.2) is 18.2 Å². The fraction of sp³-hybridized carbons (Fsp3) is 0.500. The lowest BCUT2D eigenvalue weighted by Crippen LogP contribution is -2.30. The van der Waals surface area contributed by atoms with E-state index >= 15 is 0 Å². The van der Waals surface area contributed by atoms with Crippen LogP contribution in [0.4, 0.5) is 0 Å². The molecule has 0 saturated heterocycles. The molecule has 0 spiro atoms. The zero-order valence-electron chi connectivity index (χ0n) is 10.8. The molecule has 1 atom stereocenters. The second kappa shape index (κ2) is 5.76. The van der Waals surface area contributed by atoms with E-state index in [-0.39, 0.29) is 11.9 Å². The first-order chi connectivity index (χ1) is 8.76. The normalized spacial score (nSPS) is 19.4. The summed E-state index contributed by atoms with van der Waals surface area (Å²) in [4.78, 5) is 11.8. The van der Waals surface area contributed by atoms with Crippen LogP contribution in [0.25, 0.3) is 0 Å². The largest absolute Gasteiger partial charge is 0.493 e. The number of carbonyl (C=O) groups is 1. The number of benzene rings is 1. The summed E-state index contributed by atoms with van der Waals surface area (Å²) in [6.45, 7) is 0.